The number of hydrogen-bond donors (Lipinski definition) is 1. The highest BCUT2D eigenvalue weighted by molar-refractivity contribution is 5.27. The summed E-state index contributed by atoms with van der Waals surface area (Å²) in [6, 6.07) is 5.32. The first-order chi connectivity index (χ1) is 9.62. The molecule has 1 rings (SSSR count). The molecule has 0 spiro atoms. The zero-order valence-electron chi connectivity index (χ0n) is 13.2. The van der Waals surface area contributed by atoms with Gasteiger partial charge in [0.25, 0.3) is 0 Å². The first-order valence-corrected chi connectivity index (χ1v) is 7.72. The van der Waals surface area contributed by atoms with Gasteiger partial charge >= 0.3 is 0 Å². The zero-order chi connectivity index (χ0) is 15.0. The van der Waals surface area contributed by atoms with Crippen LogP contribution in [0, 0.1) is 12.7 Å². The van der Waals surface area contributed by atoms with Gasteiger partial charge in [-0.15, -0.1) is 0 Å². The number of halogens is 1. The first kappa shape index (κ1) is 17.1. The minimum absolute atomic E-state index is 0.166. The Bertz CT molecular complexity index is 395. The fourth-order valence-corrected chi connectivity index (χ4v) is 2.52. The molecule has 0 bridgehead atoms. The van der Waals surface area contributed by atoms with Gasteiger partial charge in [0.15, 0.2) is 0 Å². The third-order valence-corrected chi connectivity index (χ3v) is 3.63. The van der Waals surface area contributed by atoms with Crippen molar-refractivity contribution in [1.29, 1.82) is 0 Å². The predicted molar refractivity (Wildman–Crippen MR) is 82.6 cm³/mol. The van der Waals surface area contributed by atoms with Crippen molar-refractivity contribution in [1.82, 2.24) is 5.32 Å². The van der Waals surface area contributed by atoms with E-state index in [4.69, 9.17) is 4.74 Å². The quantitative estimate of drug-likeness (QED) is 0.742. The van der Waals surface area contributed by atoms with Crippen LogP contribution in [-0.4, -0.2) is 25.3 Å². The van der Waals surface area contributed by atoms with Gasteiger partial charge in [0.05, 0.1) is 6.10 Å². The standard InChI is InChI=1S/C17H28FNO/c1-5-10-19-16(17(6-2)20-7-3)12-14-8-9-15(18)11-13(14)4/h8-9,11,16-17,19H,5-7,10,12H2,1-4H3. The molecule has 20 heavy (non-hydrogen) atoms. The smallest absolute Gasteiger partial charge is 0.123 e. The number of hydrogen-bond acceptors (Lipinski definition) is 2. The highest BCUT2D eigenvalue weighted by atomic mass is 19.1. The van der Waals surface area contributed by atoms with Gasteiger partial charge in [0.2, 0.25) is 0 Å². The molecule has 0 amide bonds. The van der Waals surface area contributed by atoms with Gasteiger partial charge in [-0.25, -0.2) is 4.39 Å². The second-order valence-corrected chi connectivity index (χ2v) is 5.24. The normalized spacial score (nSPS) is 14.2. The molecular weight excluding hydrogens is 253 g/mol. The van der Waals surface area contributed by atoms with E-state index in [1.54, 1.807) is 12.1 Å². The number of nitrogens with one attached hydrogen (secondary N) is 1. The molecule has 0 aromatic heterocycles. The summed E-state index contributed by atoms with van der Waals surface area (Å²) < 4.78 is 19.0. The molecule has 114 valence electrons. The van der Waals surface area contributed by atoms with E-state index < -0.39 is 0 Å². The molecule has 3 heteroatoms. The molecule has 2 unspecified atom stereocenters. The fourth-order valence-electron chi connectivity index (χ4n) is 2.52. The van der Waals surface area contributed by atoms with Crippen molar-refractivity contribution < 1.29 is 9.13 Å². The molecule has 1 aromatic rings. The van der Waals surface area contributed by atoms with E-state index in [-0.39, 0.29) is 18.0 Å². The predicted octanol–water partition coefficient (Wildman–Crippen LogP) is 3.86. The molecule has 0 aliphatic carbocycles. The molecule has 0 saturated heterocycles. The third kappa shape index (κ3) is 5.22. The maximum Gasteiger partial charge on any atom is 0.123 e. The lowest BCUT2D eigenvalue weighted by Crippen LogP contribution is -2.43. The Balaban J connectivity index is 2.81. The summed E-state index contributed by atoms with van der Waals surface area (Å²) in [7, 11) is 0. The van der Waals surface area contributed by atoms with Gasteiger partial charge in [-0.05, 0) is 62.9 Å². The fraction of sp³-hybridized carbons (Fsp3) is 0.647. The maximum atomic E-state index is 13.2. The summed E-state index contributed by atoms with van der Waals surface area (Å²) >= 11 is 0. The molecule has 0 radical (unpaired) electrons. The molecule has 1 N–H and O–H groups in total. The van der Waals surface area contributed by atoms with Crippen LogP contribution in [0.2, 0.25) is 0 Å². The van der Waals surface area contributed by atoms with Crippen molar-refractivity contribution in [3.05, 3.63) is 35.1 Å². The number of ether oxygens (including phenoxy) is 1. The van der Waals surface area contributed by atoms with Crippen LogP contribution >= 0.6 is 0 Å². The molecule has 2 atom stereocenters. The topological polar surface area (TPSA) is 21.3 Å². The summed E-state index contributed by atoms with van der Waals surface area (Å²) in [4.78, 5) is 0. The molecule has 1 aromatic carbocycles. The van der Waals surface area contributed by atoms with Gasteiger partial charge in [-0.2, -0.15) is 0 Å². The van der Waals surface area contributed by atoms with Crippen molar-refractivity contribution in [2.45, 2.75) is 59.1 Å². The number of rotatable bonds is 9. The number of aryl methyl sites for hydroxylation is 1. The SMILES string of the molecule is CCCNC(Cc1ccc(F)cc1C)C(CC)OCC. The molecule has 0 saturated carbocycles. The average molecular weight is 281 g/mol. The van der Waals surface area contributed by atoms with E-state index in [0.29, 0.717) is 0 Å². The molecule has 0 aliphatic heterocycles. The summed E-state index contributed by atoms with van der Waals surface area (Å²) in [6.07, 6.45) is 3.16. The van der Waals surface area contributed by atoms with Crippen molar-refractivity contribution in [2.24, 2.45) is 0 Å². The molecular formula is C17H28FNO. The van der Waals surface area contributed by atoms with E-state index in [1.807, 2.05) is 19.9 Å². The summed E-state index contributed by atoms with van der Waals surface area (Å²) in [5, 5.41) is 3.58. The largest absolute Gasteiger partial charge is 0.377 e. The van der Waals surface area contributed by atoms with Gasteiger partial charge in [0.1, 0.15) is 5.82 Å². The van der Waals surface area contributed by atoms with Crippen LogP contribution < -0.4 is 5.32 Å². The Morgan fingerprint density at radius 2 is 2.00 bits per heavy atom. The summed E-state index contributed by atoms with van der Waals surface area (Å²) in [5.74, 6) is -0.166. The second-order valence-electron chi connectivity index (χ2n) is 5.24. The van der Waals surface area contributed by atoms with Crippen molar-refractivity contribution in [2.75, 3.05) is 13.2 Å². The van der Waals surface area contributed by atoms with E-state index in [2.05, 4.69) is 19.2 Å². The van der Waals surface area contributed by atoms with Crippen molar-refractivity contribution in [3.63, 3.8) is 0 Å². The van der Waals surface area contributed by atoms with Gasteiger partial charge in [-0.3, -0.25) is 0 Å². The van der Waals surface area contributed by atoms with Gasteiger partial charge < -0.3 is 10.1 Å². The first-order valence-electron chi connectivity index (χ1n) is 7.72. The van der Waals surface area contributed by atoms with Gasteiger partial charge in [-0.1, -0.05) is 19.9 Å². The lowest BCUT2D eigenvalue weighted by molar-refractivity contribution is 0.0319. The van der Waals surface area contributed by atoms with Crippen LogP contribution in [0.3, 0.4) is 0 Å². The molecule has 2 nitrogen and oxygen atoms in total. The monoisotopic (exact) mass is 281 g/mol. The van der Waals surface area contributed by atoms with Crippen molar-refractivity contribution in [3.8, 4) is 0 Å². The maximum absolute atomic E-state index is 13.2. The summed E-state index contributed by atoms with van der Waals surface area (Å²) in [6.45, 7) is 10.0. The minimum Gasteiger partial charge on any atom is -0.377 e. The summed E-state index contributed by atoms with van der Waals surface area (Å²) in [5.41, 5.74) is 2.21. The van der Waals surface area contributed by atoms with Crippen molar-refractivity contribution >= 4 is 0 Å². The second kappa shape index (κ2) is 9.09. The highest BCUT2D eigenvalue weighted by Crippen LogP contribution is 2.16. The highest BCUT2D eigenvalue weighted by Gasteiger charge is 2.20. The lowest BCUT2D eigenvalue weighted by Gasteiger charge is -2.28. The van der Waals surface area contributed by atoms with E-state index in [0.717, 1.165) is 38.0 Å². The molecule has 0 heterocycles. The van der Waals surface area contributed by atoms with Gasteiger partial charge in [0, 0.05) is 12.6 Å². The van der Waals surface area contributed by atoms with Crippen LogP contribution in [-0.2, 0) is 11.2 Å². The van der Waals surface area contributed by atoms with Crippen LogP contribution in [0.25, 0.3) is 0 Å². The Labute approximate surface area is 122 Å². The molecule has 0 fully saturated rings. The Hall–Kier alpha value is -0.930. The lowest BCUT2D eigenvalue weighted by atomic mass is 9.96. The van der Waals surface area contributed by atoms with Crippen LogP contribution in [0.1, 0.15) is 44.7 Å². The Morgan fingerprint density at radius 3 is 2.55 bits per heavy atom. The van der Waals surface area contributed by atoms with Crippen LogP contribution in [0.15, 0.2) is 18.2 Å². The van der Waals surface area contributed by atoms with Crippen LogP contribution in [0.4, 0.5) is 4.39 Å². The van der Waals surface area contributed by atoms with Crippen LogP contribution in [0.5, 0.6) is 0 Å². The van der Waals surface area contributed by atoms with E-state index in [1.165, 1.54) is 5.56 Å². The Morgan fingerprint density at radius 1 is 1.25 bits per heavy atom. The third-order valence-electron chi connectivity index (χ3n) is 3.63. The van der Waals surface area contributed by atoms with E-state index in [9.17, 15) is 4.39 Å². The Kier molecular flexibility index (Phi) is 7.78. The number of benzene rings is 1. The van der Waals surface area contributed by atoms with E-state index >= 15 is 0 Å². The molecule has 0 aliphatic rings. The minimum atomic E-state index is -0.166. The zero-order valence-corrected chi connectivity index (χ0v) is 13.2. The average Bonchev–Trinajstić information content (AvgIpc) is 2.43.